The van der Waals surface area contributed by atoms with E-state index in [1.165, 1.54) is 0 Å². The predicted molar refractivity (Wildman–Crippen MR) is 46.0 cm³/mol. The van der Waals surface area contributed by atoms with Gasteiger partial charge in [0.2, 0.25) is 0 Å². The van der Waals surface area contributed by atoms with Gasteiger partial charge in [0, 0.05) is 13.0 Å². The van der Waals surface area contributed by atoms with Crippen molar-refractivity contribution in [1.29, 1.82) is 0 Å². The van der Waals surface area contributed by atoms with Gasteiger partial charge < -0.3 is 9.47 Å². The molecule has 0 radical (unpaired) electrons. The zero-order valence-corrected chi connectivity index (χ0v) is 7.85. The Bertz CT molecular complexity index is 173. The normalized spacial score (nSPS) is 40.5. The Morgan fingerprint density at radius 1 is 1.25 bits per heavy atom. The Kier molecular flexibility index (Phi) is 1.90. The molecule has 1 N–H and O–H groups in total. The van der Waals surface area contributed by atoms with E-state index in [1.54, 1.807) is 0 Å². The van der Waals surface area contributed by atoms with Crippen molar-refractivity contribution < 1.29 is 9.47 Å². The molecule has 2 saturated heterocycles. The van der Waals surface area contributed by atoms with Crippen LogP contribution in [0.25, 0.3) is 0 Å². The average Bonchev–Trinajstić information content (AvgIpc) is 2.34. The number of nitrogens with one attached hydrogen (secondary N) is 1. The van der Waals surface area contributed by atoms with Crippen molar-refractivity contribution in [3.05, 3.63) is 0 Å². The second-order valence-corrected chi connectivity index (χ2v) is 4.34. The summed E-state index contributed by atoms with van der Waals surface area (Å²) in [6.45, 7) is 6.86. The lowest BCUT2D eigenvalue weighted by atomic mass is 9.99. The highest BCUT2D eigenvalue weighted by atomic mass is 16.6. The van der Waals surface area contributed by atoms with Crippen molar-refractivity contribution in [1.82, 2.24) is 5.32 Å². The van der Waals surface area contributed by atoms with E-state index >= 15 is 0 Å². The summed E-state index contributed by atoms with van der Waals surface area (Å²) in [7, 11) is 0. The van der Waals surface area contributed by atoms with Crippen LogP contribution in [0.2, 0.25) is 0 Å². The van der Waals surface area contributed by atoms with E-state index in [-0.39, 0.29) is 11.3 Å². The molecule has 0 amide bonds. The fraction of sp³-hybridized carbons (Fsp3) is 1.00. The van der Waals surface area contributed by atoms with Crippen molar-refractivity contribution in [2.24, 2.45) is 0 Å². The van der Waals surface area contributed by atoms with Crippen LogP contribution in [0.1, 0.15) is 26.7 Å². The molecule has 0 aliphatic carbocycles. The van der Waals surface area contributed by atoms with Crippen LogP contribution in [-0.2, 0) is 9.47 Å². The monoisotopic (exact) mass is 171 g/mol. The first-order chi connectivity index (χ1) is 5.62. The smallest absolute Gasteiger partial charge is 0.145 e. The van der Waals surface area contributed by atoms with Crippen molar-refractivity contribution in [2.45, 2.75) is 38.0 Å². The molecule has 0 saturated carbocycles. The van der Waals surface area contributed by atoms with E-state index in [2.05, 4.69) is 19.2 Å². The zero-order chi connectivity index (χ0) is 8.66. The van der Waals surface area contributed by atoms with Gasteiger partial charge in [-0.25, -0.2) is 0 Å². The molecule has 0 aromatic heterocycles. The summed E-state index contributed by atoms with van der Waals surface area (Å²) in [5.41, 5.74) is -0.152. The molecular formula is C9H17NO2. The van der Waals surface area contributed by atoms with E-state index in [1.807, 2.05) is 0 Å². The highest BCUT2D eigenvalue weighted by Gasteiger charge is 2.43. The van der Waals surface area contributed by atoms with Crippen molar-refractivity contribution >= 4 is 0 Å². The molecule has 2 aliphatic heterocycles. The zero-order valence-electron chi connectivity index (χ0n) is 7.85. The van der Waals surface area contributed by atoms with Crippen LogP contribution < -0.4 is 5.32 Å². The maximum absolute atomic E-state index is 5.99. The van der Waals surface area contributed by atoms with Gasteiger partial charge in [-0.3, -0.25) is 5.32 Å². The van der Waals surface area contributed by atoms with E-state index in [9.17, 15) is 0 Å². The number of ether oxygens (including phenoxy) is 2. The second kappa shape index (κ2) is 2.69. The number of hydrogen-bond donors (Lipinski definition) is 1. The number of hydrogen-bond acceptors (Lipinski definition) is 3. The number of rotatable bonds is 0. The molecule has 2 heterocycles. The van der Waals surface area contributed by atoms with Crippen molar-refractivity contribution in [2.75, 3.05) is 19.8 Å². The van der Waals surface area contributed by atoms with Gasteiger partial charge in [-0.15, -0.1) is 0 Å². The lowest BCUT2D eigenvalue weighted by Gasteiger charge is -2.43. The predicted octanol–water partition coefficient (Wildman–Crippen LogP) is 0.891. The SMILES string of the molecule is CC1(C)CCNC2(CCOC2)O1. The van der Waals surface area contributed by atoms with Gasteiger partial charge >= 0.3 is 0 Å². The van der Waals surface area contributed by atoms with Crippen LogP contribution in [0.3, 0.4) is 0 Å². The molecule has 3 heteroatoms. The van der Waals surface area contributed by atoms with Gasteiger partial charge in [0.15, 0.2) is 0 Å². The summed E-state index contributed by atoms with van der Waals surface area (Å²) in [6.07, 6.45) is 2.06. The van der Waals surface area contributed by atoms with Crippen LogP contribution in [0.5, 0.6) is 0 Å². The highest BCUT2D eigenvalue weighted by Crippen LogP contribution is 2.31. The summed E-state index contributed by atoms with van der Waals surface area (Å²) in [5, 5.41) is 3.40. The van der Waals surface area contributed by atoms with E-state index in [0.29, 0.717) is 6.61 Å². The Labute approximate surface area is 73.4 Å². The molecule has 3 nitrogen and oxygen atoms in total. The second-order valence-electron chi connectivity index (χ2n) is 4.34. The first kappa shape index (κ1) is 8.48. The van der Waals surface area contributed by atoms with Crippen molar-refractivity contribution in [3.63, 3.8) is 0 Å². The van der Waals surface area contributed by atoms with Crippen LogP contribution in [0.4, 0.5) is 0 Å². The third kappa shape index (κ3) is 1.49. The average molecular weight is 171 g/mol. The maximum atomic E-state index is 5.99. The standard InChI is InChI=1S/C9H17NO2/c1-8(2)3-5-10-9(12-8)4-6-11-7-9/h10H,3-7H2,1-2H3. The highest BCUT2D eigenvalue weighted by molar-refractivity contribution is 4.90. The molecule has 1 spiro atoms. The summed E-state index contributed by atoms with van der Waals surface area (Å²) < 4.78 is 11.3. The van der Waals surface area contributed by atoms with Gasteiger partial charge in [-0.2, -0.15) is 0 Å². The van der Waals surface area contributed by atoms with Crippen LogP contribution in [0, 0.1) is 0 Å². The fourth-order valence-electron chi connectivity index (χ4n) is 1.97. The molecule has 2 aliphatic rings. The molecule has 1 unspecified atom stereocenters. The fourth-order valence-corrected chi connectivity index (χ4v) is 1.97. The molecule has 0 aromatic carbocycles. The summed E-state index contributed by atoms with van der Waals surface area (Å²) in [6, 6.07) is 0. The lowest BCUT2D eigenvalue weighted by molar-refractivity contribution is -0.183. The van der Waals surface area contributed by atoms with Crippen LogP contribution in [0.15, 0.2) is 0 Å². The van der Waals surface area contributed by atoms with E-state index in [0.717, 1.165) is 26.0 Å². The lowest BCUT2D eigenvalue weighted by Crippen LogP contribution is -2.58. The molecule has 1 atom stereocenters. The van der Waals surface area contributed by atoms with Crippen LogP contribution in [-0.4, -0.2) is 31.1 Å². The van der Waals surface area contributed by atoms with E-state index < -0.39 is 0 Å². The third-order valence-corrected chi connectivity index (χ3v) is 2.63. The van der Waals surface area contributed by atoms with E-state index in [4.69, 9.17) is 9.47 Å². The first-order valence-electron chi connectivity index (χ1n) is 4.65. The minimum atomic E-state index is -0.165. The summed E-state index contributed by atoms with van der Waals surface area (Å²) >= 11 is 0. The quantitative estimate of drug-likeness (QED) is 0.587. The molecule has 12 heavy (non-hydrogen) atoms. The Morgan fingerprint density at radius 2 is 2.08 bits per heavy atom. The minimum Gasteiger partial charge on any atom is -0.377 e. The largest absolute Gasteiger partial charge is 0.377 e. The van der Waals surface area contributed by atoms with Crippen LogP contribution >= 0.6 is 0 Å². The molecule has 2 rings (SSSR count). The summed E-state index contributed by atoms with van der Waals surface area (Å²) in [4.78, 5) is 0. The Hall–Kier alpha value is -0.120. The van der Waals surface area contributed by atoms with Gasteiger partial charge in [0.25, 0.3) is 0 Å². The van der Waals surface area contributed by atoms with Gasteiger partial charge in [-0.05, 0) is 20.3 Å². The molecule has 2 fully saturated rings. The molecule has 0 bridgehead atoms. The molecule has 70 valence electrons. The van der Waals surface area contributed by atoms with Gasteiger partial charge in [0.1, 0.15) is 5.72 Å². The van der Waals surface area contributed by atoms with Gasteiger partial charge in [0.05, 0.1) is 18.8 Å². The Balaban J connectivity index is 2.07. The Morgan fingerprint density at radius 3 is 2.67 bits per heavy atom. The topological polar surface area (TPSA) is 30.5 Å². The summed E-state index contributed by atoms with van der Waals surface area (Å²) in [5.74, 6) is 0. The third-order valence-electron chi connectivity index (χ3n) is 2.63. The first-order valence-corrected chi connectivity index (χ1v) is 4.65. The molecule has 0 aromatic rings. The van der Waals surface area contributed by atoms with Crippen molar-refractivity contribution in [3.8, 4) is 0 Å². The molecular weight excluding hydrogens is 154 g/mol. The van der Waals surface area contributed by atoms with Gasteiger partial charge in [-0.1, -0.05) is 0 Å². The maximum Gasteiger partial charge on any atom is 0.145 e. The minimum absolute atomic E-state index is 0.0128.